The third kappa shape index (κ3) is 2.78. The summed E-state index contributed by atoms with van der Waals surface area (Å²) in [6, 6.07) is 8.63. The van der Waals surface area contributed by atoms with Crippen molar-refractivity contribution in [2.24, 2.45) is 0 Å². The van der Waals surface area contributed by atoms with Crippen LogP contribution in [0.4, 0.5) is 0 Å². The zero-order chi connectivity index (χ0) is 12.0. The second-order valence-corrected chi connectivity index (χ2v) is 3.64. The van der Waals surface area contributed by atoms with Gasteiger partial charge in [0.2, 0.25) is 0 Å². The van der Waals surface area contributed by atoms with Gasteiger partial charge in [0.25, 0.3) is 0 Å². The molecule has 0 saturated heterocycles. The molecule has 16 heavy (non-hydrogen) atoms. The molecule has 1 aromatic carbocycles. The van der Waals surface area contributed by atoms with Crippen LogP contribution in [0.15, 0.2) is 36.7 Å². The van der Waals surface area contributed by atoms with E-state index in [4.69, 9.17) is 0 Å². The average Bonchev–Trinajstić information content (AvgIpc) is 2.39. The van der Waals surface area contributed by atoms with Crippen molar-refractivity contribution < 1.29 is 0 Å². The van der Waals surface area contributed by atoms with Crippen LogP contribution in [0.1, 0.15) is 25.0 Å². The maximum atomic E-state index is 3.98. The van der Waals surface area contributed by atoms with Gasteiger partial charge in [0.05, 0.1) is 5.82 Å². The third-order valence-electron chi connectivity index (χ3n) is 2.80. The fourth-order valence-electron chi connectivity index (χ4n) is 1.88. The minimum atomic E-state index is 0.982. The number of nitrogens with one attached hydrogen (secondary N) is 1. The summed E-state index contributed by atoms with van der Waals surface area (Å²) >= 11 is 0. The number of fused-ring (bicyclic) bond motifs is 1. The van der Waals surface area contributed by atoms with Crippen LogP contribution in [0.5, 0.6) is 0 Å². The Morgan fingerprint density at radius 3 is 2.50 bits per heavy atom. The molecule has 2 nitrogen and oxygen atoms in total. The molecule has 1 N–H and O–H groups in total. The number of rotatable bonds is 2. The minimum Gasteiger partial charge on any atom is -0.375 e. The molecule has 1 heterocycles. The standard InChI is InChI=1S/C12H16N2.C2H6/c1-10(13-2)14-8-7-11-5-3-4-6-12(11)9-14;1-2/h3-6,13H,1,7-9H2,2H3;1-2H3. The SMILES string of the molecule is C=C(NC)N1CCc2ccccc2C1.CC. The second kappa shape index (κ2) is 6.21. The molecule has 0 bridgehead atoms. The van der Waals surface area contributed by atoms with Crippen molar-refractivity contribution in [1.29, 1.82) is 0 Å². The highest BCUT2D eigenvalue weighted by molar-refractivity contribution is 5.29. The summed E-state index contributed by atoms with van der Waals surface area (Å²) in [5, 5.41) is 3.10. The summed E-state index contributed by atoms with van der Waals surface area (Å²) in [6.07, 6.45) is 1.12. The molecule has 1 aliphatic rings. The Kier molecular flexibility index (Phi) is 4.90. The van der Waals surface area contributed by atoms with Crippen LogP contribution in [0.2, 0.25) is 0 Å². The lowest BCUT2D eigenvalue weighted by Gasteiger charge is -2.31. The van der Waals surface area contributed by atoms with E-state index in [0.29, 0.717) is 0 Å². The van der Waals surface area contributed by atoms with E-state index in [-0.39, 0.29) is 0 Å². The van der Waals surface area contributed by atoms with Crippen molar-refractivity contribution >= 4 is 0 Å². The summed E-state index contributed by atoms with van der Waals surface area (Å²) in [4.78, 5) is 2.28. The monoisotopic (exact) mass is 218 g/mol. The Balaban J connectivity index is 0.000000606. The van der Waals surface area contributed by atoms with E-state index >= 15 is 0 Å². The number of nitrogens with zero attached hydrogens (tertiary/aromatic N) is 1. The van der Waals surface area contributed by atoms with Gasteiger partial charge in [0.1, 0.15) is 0 Å². The molecule has 2 rings (SSSR count). The van der Waals surface area contributed by atoms with Gasteiger partial charge >= 0.3 is 0 Å². The molecular weight excluding hydrogens is 196 g/mol. The van der Waals surface area contributed by atoms with Gasteiger partial charge in [-0.05, 0) is 17.5 Å². The molecule has 0 atom stereocenters. The minimum absolute atomic E-state index is 0.982. The molecule has 88 valence electrons. The third-order valence-corrected chi connectivity index (χ3v) is 2.80. The smallest absolute Gasteiger partial charge is 0.0939 e. The fraction of sp³-hybridized carbons (Fsp3) is 0.429. The highest BCUT2D eigenvalue weighted by Gasteiger charge is 2.15. The number of hydrogen-bond acceptors (Lipinski definition) is 2. The van der Waals surface area contributed by atoms with Gasteiger partial charge in [-0.15, -0.1) is 0 Å². The van der Waals surface area contributed by atoms with Gasteiger partial charge in [-0.1, -0.05) is 44.7 Å². The van der Waals surface area contributed by atoms with Crippen molar-refractivity contribution in [3.63, 3.8) is 0 Å². The van der Waals surface area contributed by atoms with Crippen LogP contribution < -0.4 is 5.32 Å². The van der Waals surface area contributed by atoms with Gasteiger partial charge in [0, 0.05) is 20.1 Å². The lowest BCUT2D eigenvalue weighted by molar-refractivity contribution is 0.306. The predicted molar refractivity (Wildman–Crippen MR) is 70.1 cm³/mol. The van der Waals surface area contributed by atoms with Crippen LogP contribution in [0, 0.1) is 0 Å². The first-order valence-corrected chi connectivity index (χ1v) is 5.99. The molecule has 1 aromatic rings. The molecule has 0 spiro atoms. The highest BCUT2D eigenvalue weighted by Crippen LogP contribution is 2.19. The Morgan fingerprint density at radius 2 is 1.88 bits per heavy atom. The van der Waals surface area contributed by atoms with E-state index in [1.54, 1.807) is 0 Å². The van der Waals surface area contributed by atoms with E-state index in [0.717, 1.165) is 25.3 Å². The molecular formula is C14H22N2. The maximum Gasteiger partial charge on any atom is 0.0939 e. The zero-order valence-electron chi connectivity index (χ0n) is 10.6. The first kappa shape index (κ1) is 12.6. The molecule has 0 aliphatic carbocycles. The van der Waals surface area contributed by atoms with E-state index in [2.05, 4.69) is 41.1 Å². The van der Waals surface area contributed by atoms with Crippen LogP contribution in [0.25, 0.3) is 0 Å². The largest absolute Gasteiger partial charge is 0.375 e. The Hall–Kier alpha value is -1.44. The summed E-state index contributed by atoms with van der Waals surface area (Å²) in [5.41, 5.74) is 2.91. The molecule has 2 heteroatoms. The Bertz CT molecular complexity index is 344. The lowest BCUT2D eigenvalue weighted by atomic mass is 10.0. The average molecular weight is 218 g/mol. The zero-order valence-corrected chi connectivity index (χ0v) is 10.6. The topological polar surface area (TPSA) is 15.3 Å². The van der Waals surface area contributed by atoms with Crippen molar-refractivity contribution in [3.8, 4) is 0 Å². The first-order chi connectivity index (χ1) is 7.81. The van der Waals surface area contributed by atoms with Crippen LogP contribution >= 0.6 is 0 Å². The van der Waals surface area contributed by atoms with Crippen molar-refractivity contribution in [2.45, 2.75) is 26.8 Å². The van der Waals surface area contributed by atoms with Crippen LogP contribution in [0.3, 0.4) is 0 Å². The van der Waals surface area contributed by atoms with Gasteiger partial charge in [0.15, 0.2) is 0 Å². The van der Waals surface area contributed by atoms with Crippen molar-refractivity contribution in [2.75, 3.05) is 13.6 Å². The van der Waals surface area contributed by atoms with E-state index in [9.17, 15) is 0 Å². The predicted octanol–water partition coefficient (Wildman–Crippen LogP) is 2.76. The molecule has 0 unspecified atom stereocenters. The summed E-state index contributed by atoms with van der Waals surface area (Å²) in [5.74, 6) is 1.01. The number of hydrogen-bond donors (Lipinski definition) is 1. The first-order valence-electron chi connectivity index (χ1n) is 5.99. The second-order valence-electron chi connectivity index (χ2n) is 3.64. The van der Waals surface area contributed by atoms with Gasteiger partial charge in [-0.3, -0.25) is 0 Å². The molecule has 0 saturated carbocycles. The molecule has 0 amide bonds. The summed E-state index contributed by atoms with van der Waals surface area (Å²) < 4.78 is 0. The van der Waals surface area contributed by atoms with Gasteiger partial charge < -0.3 is 10.2 Å². The molecule has 0 radical (unpaired) electrons. The Morgan fingerprint density at radius 1 is 1.25 bits per heavy atom. The van der Waals surface area contributed by atoms with E-state index in [1.807, 2.05) is 20.9 Å². The van der Waals surface area contributed by atoms with Gasteiger partial charge in [-0.2, -0.15) is 0 Å². The van der Waals surface area contributed by atoms with Crippen LogP contribution in [-0.2, 0) is 13.0 Å². The fourth-order valence-corrected chi connectivity index (χ4v) is 1.88. The maximum absolute atomic E-state index is 3.98. The molecule has 0 fully saturated rings. The number of benzene rings is 1. The quantitative estimate of drug-likeness (QED) is 0.821. The normalized spacial score (nSPS) is 13.3. The molecule has 1 aliphatic heterocycles. The van der Waals surface area contributed by atoms with Crippen molar-refractivity contribution in [1.82, 2.24) is 10.2 Å². The van der Waals surface area contributed by atoms with E-state index in [1.165, 1.54) is 11.1 Å². The van der Waals surface area contributed by atoms with Gasteiger partial charge in [-0.25, -0.2) is 0 Å². The lowest BCUT2D eigenvalue weighted by Crippen LogP contribution is -2.34. The van der Waals surface area contributed by atoms with Crippen LogP contribution in [-0.4, -0.2) is 18.5 Å². The van der Waals surface area contributed by atoms with Crippen molar-refractivity contribution in [3.05, 3.63) is 47.8 Å². The Labute approximate surface area is 99.0 Å². The summed E-state index contributed by atoms with van der Waals surface area (Å²) in [7, 11) is 1.92. The summed E-state index contributed by atoms with van der Waals surface area (Å²) in [6.45, 7) is 10.0. The van der Waals surface area contributed by atoms with E-state index < -0.39 is 0 Å². The molecule has 0 aromatic heterocycles. The highest BCUT2D eigenvalue weighted by atomic mass is 15.2.